The molecule has 2 rings (SSSR count). The zero-order valence-electron chi connectivity index (χ0n) is 17.6. The number of aliphatic imine (C=N–C) groups is 1. The van der Waals surface area contributed by atoms with E-state index in [1.807, 2.05) is 4.90 Å². The number of rotatable bonds is 5. The van der Waals surface area contributed by atoms with Crippen LogP contribution in [0.4, 0.5) is 13.2 Å². The van der Waals surface area contributed by atoms with E-state index in [0.717, 1.165) is 6.07 Å². The van der Waals surface area contributed by atoms with Gasteiger partial charge in [-0.15, -0.1) is 24.0 Å². The number of guanidine groups is 1. The fraction of sp³-hybridized carbons (Fsp3) is 0.600. The first-order chi connectivity index (χ1) is 13.7. The third kappa shape index (κ3) is 7.21. The molecule has 0 saturated carbocycles. The molecule has 0 spiro atoms. The predicted octanol–water partition coefficient (Wildman–Crippen LogP) is 4.07. The number of piperidine rings is 1. The number of ether oxygens (including phenoxy) is 2. The number of nitrogens with one attached hydrogen (secondary N) is 1. The monoisotopic (exact) mass is 543 g/mol. The number of carbonyl (C=O) groups excluding carboxylic acids is 1. The van der Waals surface area contributed by atoms with Crippen LogP contribution in [-0.2, 0) is 22.3 Å². The van der Waals surface area contributed by atoms with Gasteiger partial charge in [0.1, 0.15) is 5.75 Å². The van der Waals surface area contributed by atoms with Gasteiger partial charge in [0.15, 0.2) is 5.96 Å². The molecule has 1 aromatic rings. The van der Waals surface area contributed by atoms with Gasteiger partial charge in [-0.3, -0.25) is 9.79 Å². The molecular weight excluding hydrogens is 514 g/mol. The van der Waals surface area contributed by atoms with Crippen molar-refractivity contribution in [1.29, 1.82) is 0 Å². The lowest BCUT2D eigenvalue weighted by Gasteiger charge is -2.33. The van der Waals surface area contributed by atoms with E-state index in [4.69, 9.17) is 9.47 Å². The maximum Gasteiger partial charge on any atom is 0.416 e. The Kier molecular flexibility index (Phi) is 10.2. The van der Waals surface area contributed by atoms with Crippen LogP contribution < -0.4 is 10.1 Å². The van der Waals surface area contributed by atoms with E-state index < -0.39 is 11.7 Å². The number of halogens is 4. The lowest BCUT2D eigenvalue weighted by atomic mass is 9.97. The molecule has 1 N–H and O–H groups in total. The molecule has 1 aliphatic rings. The van der Waals surface area contributed by atoms with Gasteiger partial charge in [-0.2, -0.15) is 13.2 Å². The quantitative estimate of drug-likeness (QED) is 0.263. The maximum absolute atomic E-state index is 13.5. The minimum absolute atomic E-state index is 0. The Morgan fingerprint density at radius 1 is 1.30 bits per heavy atom. The van der Waals surface area contributed by atoms with Crippen molar-refractivity contribution in [1.82, 2.24) is 10.2 Å². The van der Waals surface area contributed by atoms with Crippen LogP contribution in [-0.4, -0.2) is 50.2 Å². The van der Waals surface area contributed by atoms with Gasteiger partial charge in [0.05, 0.1) is 24.7 Å². The zero-order chi connectivity index (χ0) is 21.6. The van der Waals surface area contributed by atoms with E-state index in [9.17, 15) is 18.0 Å². The molecule has 30 heavy (non-hydrogen) atoms. The summed E-state index contributed by atoms with van der Waals surface area (Å²) < 4.78 is 50.7. The van der Waals surface area contributed by atoms with Crippen molar-refractivity contribution in [3.05, 3.63) is 29.3 Å². The number of esters is 1. The third-order valence-corrected chi connectivity index (χ3v) is 4.74. The molecule has 6 nitrogen and oxygen atoms in total. The highest BCUT2D eigenvalue weighted by Crippen LogP contribution is 2.34. The van der Waals surface area contributed by atoms with Gasteiger partial charge in [-0.05, 0) is 44.4 Å². The first-order valence-electron chi connectivity index (χ1n) is 9.56. The molecule has 0 atom stereocenters. The molecule has 0 radical (unpaired) electrons. The number of hydrogen-bond acceptors (Lipinski definition) is 4. The standard InChI is InChI=1S/C20H28F3N3O3.HI/c1-13(2)29-16-6-5-15(17(11-16)20(21,22)23)12-25-19(24-3)26-9-7-14(8-10-26)18(27)28-4;/h5-6,11,13-14H,7-10,12H2,1-4H3,(H,24,25);1H. The number of benzene rings is 1. The lowest BCUT2D eigenvalue weighted by Crippen LogP contribution is -2.46. The van der Waals surface area contributed by atoms with Gasteiger partial charge < -0.3 is 19.7 Å². The number of nitrogens with zero attached hydrogens (tertiary/aromatic N) is 2. The molecular formula is C20H29F3IN3O3. The van der Waals surface area contributed by atoms with Crippen LogP contribution in [0.15, 0.2) is 23.2 Å². The average Bonchev–Trinajstić information content (AvgIpc) is 2.68. The minimum Gasteiger partial charge on any atom is -0.491 e. The van der Waals surface area contributed by atoms with Crippen LogP contribution in [0.1, 0.15) is 37.8 Å². The van der Waals surface area contributed by atoms with Crippen LogP contribution in [0, 0.1) is 5.92 Å². The van der Waals surface area contributed by atoms with Crippen molar-refractivity contribution < 1.29 is 27.4 Å². The molecule has 170 valence electrons. The largest absolute Gasteiger partial charge is 0.491 e. The molecule has 0 amide bonds. The van der Waals surface area contributed by atoms with E-state index in [2.05, 4.69) is 10.3 Å². The number of carbonyl (C=O) groups is 1. The molecule has 0 unspecified atom stereocenters. The van der Waals surface area contributed by atoms with Gasteiger partial charge >= 0.3 is 12.1 Å². The SMILES string of the molecule is CN=C(NCc1ccc(OC(C)C)cc1C(F)(F)F)N1CCC(C(=O)OC)CC1.I. The lowest BCUT2D eigenvalue weighted by molar-refractivity contribution is -0.146. The van der Waals surface area contributed by atoms with Gasteiger partial charge in [0.25, 0.3) is 0 Å². The first kappa shape index (κ1) is 26.3. The number of likely N-dealkylation sites (tertiary alicyclic amines) is 1. The Bertz CT molecular complexity index is 734. The molecule has 1 fully saturated rings. The number of alkyl halides is 3. The summed E-state index contributed by atoms with van der Waals surface area (Å²) >= 11 is 0. The molecule has 0 bridgehead atoms. The minimum atomic E-state index is -4.49. The molecule has 1 heterocycles. The molecule has 1 saturated heterocycles. The predicted molar refractivity (Wildman–Crippen MR) is 119 cm³/mol. The van der Waals surface area contributed by atoms with Crippen LogP contribution >= 0.6 is 24.0 Å². The summed E-state index contributed by atoms with van der Waals surface area (Å²) in [4.78, 5) is 17.8. The van der Waals surface area contributed by atoms with Crippen molar-refractivity contribution in [3.63, 3.8) is 0 Å². The van der Waals surface area contributed by atoms with Gasteiger partial charge in [-0.25, -0.2) is 0 Å². The Balaban J connectivity index is 0.00000450. The number of hydrogen-bond donors (Lipinski definition) is 1. The summed E-state index contributed by atoms with van der Waals surface area (Å²) in [5.74, 6) is 0.306. The van der Waals surface area contributed by atoms with Gasteiger partial charge in [-0.1, -0.05) is 6.07 Å². The normalized spacial score (nSPS) is 15.6. The second-order valence-corrected chi connectivity index (χ2v) is 7.17. The Labute approximate surface area is 192 Å². The van der Waals surface area contributed by atoms with Crippen molar-refractivity contribution in [2.75, 3.05) is 27.2 Å². The summed E-state index contributed by atoms with van der Waals surface area (Å²) in [5.41, 5.74) is -0.623. The Morgan fingerprint density at radius 3 is 2.43 bits per heavy atom. The van der Waals surface area contributed by atoms with Crippen LogP contribution in [0.5, 0.6) is 5.75 Å². The third-order valence-electron chi connectivity index (χ3n) is 4.74. The summed E-state index contributed by atoms with van der Waals surface area (Å²) in [6.07, 6.45) is -3.48. The smallest absolute Gasteiger partial charge is 0.416 e. The molecule has 1 aromatic carbocycles. The maximum atomic E-state index is 13.5. The Hall–Kier alpha value is -1.72. The van der Waals surface area contributed by atoms with Crippen LogP contribution in [0.25, 0.3) is 0 Å². The Morgan fingerprint density at radius 2 is 1.93 bits per heavy atom. The summed E-state index contributed by atoms with van der Waals surface area (Å²) in [5, 5.41) is 3.01. The number of methoxy groups -OCH3 is 1. The zero-order valence-corrected chi connectivity index (χ0v) is 19.9. The topological polar surface area (TPSA) is 63.2 Å². The first-order valence-corrected chi connectivity index (χ1v) is 9.56. The molecule has 0 aromatic heterocycles. The van der Waals surface area contributed by atoms with E-state index >= 15 is 0 Å². The second-order valence-electron chi connectivity index (χ2n) is 7.17. The van der Waals surface area contributed by atoms with Crippen LogP contribution in [0.3, 0.4) is 0 Å². The molecule has 10 heteroatoms. The second kappa shape index (κ2) is 11.6. The van der Waals surface area contributed by atoms with E-state index in [1.54, 1.807) is 20.9 Å². The summed E-state index contributed by atoms with van der Waals surface area (Å²) in [7, 11) is 2.95. The highest BCUT2D eigenvalue weighted by molar-refractivity contribution is 14.0. The molecule has 0 aliphatic carbocycles. The fourth-order valence-corrected chi connectivity index (χ4v) is 3.32. The highest BCUT2D eigenvalue weighted by atomic mass is 127. The van der Waals surface area contributed by atoms with Crippen molar-refractivity contribution in [2.45, 2.75) is 45.5 Å². The summed E-state index contributed by atoms with van der Waals surface area (Å²) in [6.45, 7) is 4.64. The highest BCUT2D eigenvalue weighted by Gasteiger charge is 2.34. The fourth-order valence-electron chi connectivity index (χ4n) is 3.32. The van der Waals surface area contributed by atoms with Crippen LogP contribution in [0.2, 0.25) is 0 Å². The van der Waals surface area contributed by atoms with E-state index in [1.165, 1.54) is 19.2 Å². The molecule has 1 aliphatic heterocycles. The van der Waals surface area contributed by atoms with E-state index in [-0.39, 0.29) is 59.8 Å². The van der Waals surface area contributed by atoms with Gasteiger partial charge in [0, 0.05) is 26.7 Å². The van der Waals surface area contributed by atoms with Crippen molar-refractivity contribution in [3.8, 4) is 5.75 Å². The van der Waals surface area contributed by atoms with Gasteiger partial charge in [0.2, 0.25) is 0 Å². The van der Waals surface area contributed by atoms with Crippen molar-refractivity contribution >= 4 is 35.9 Å². The summed E-state index contributed by atoms with van der Waals surface area (Å²) in [6, 6.07) is 3.99. The van der Waals surface area contributed by atoms with Crippen molar-refractivity contribution in [2.24, 2.45) is 10.9 Å². The van der Waals surface area contributed by atoms with E-state index in [0.29, 0.717) is 31.9 Å². The average molecular weight is 543 g/mol.